The highest BCUT2D eigenvalue weighted by Crippen LogP contribution is 2.09. The van der Waals surface area contributed by atoms with Crippen LogP contribution in [0.3, 0.4) is 0 Å². The number of carbonyl (C=O) groups excluding carboxylic acids is 2. The van der Waals surface area contributed by atoms with Gasteiger partial charge in [0, 0.05) is 13.0 Å². The molecular formula is C13H26N2O4. The fraction of sp³-hybridized carbons (Fsp3) is 0.846. The molecule has 0 aromatic heterocycles. The first kappa shape index (κ1) is 17.9. The van der Waals surface area contributed by atoms with Gasteiger partial charge in [0.1, 0.15) is 5.60 Å². The molecule has 0 bridgehead atoms. The average molecular weight is 274 g/mol. The van der Waals surface area contributed by atoms with E-state index in [2.05, 4.69) is 5.32 Å². The van der Waals surface area contributed by atoms with E-state index in [4.69, 9.17) is 15.2 Å². The van der Waals surface area contributed by atoms with E-state index in [0.29, 0.717) is 25.9 Å². The molecule has 112 valence electrons. The Kier molecular flexibility index (Phi) is 8.34. The van der Waals surface area contributed by atoms with Crippen LogP contribution in [0.5, 0.6) is 0 Å². The number of nitrogens with one attached hydrogen (secondary N) is 1. The minimum absolute atomic E-state index is 0.0565. The maximum absolute atomic E-state index is 11.6. The Balaban J connectivity index is 3.71. The van der Waals surface area contributed by atoms with Crippen molar-refractivity contribution in [1.82, 2.24) is 5.32 Å². The summed E-state index contributed by atoms with van der Waals surface area (Å²) in [6.07, 6.45) is 0.444. The number of rotatable bonds is 8. The molecule has 0 rings (SSSR count). The van der Waals surface area contributed by atoms with Crippen molar-refractivity contribution < 1.29 is 19.1 Å². The Labute approximate surface area is 115 Å². The SMILES string of the molecule is CC(OCCNC(=O)CCCN)C(=O)OC(C)(C)C. The van der Waals surface area contributed by atoms with Crippen LogP contribution >= 0.6 is 0 Å². The second-order valence-corrected chi connectivity index (χ2v) is 5.29. The molecular weight excluding hydrogens is 248 g/mol. The topological polar surface area (TPSA) is 90.6 Å². The van der Waals surface area contributed by atoms with Gasteiger partial charge in [0.05, 0.1) is 6.61 Å². The molecule has 0 aliphatic rings. The molecule has 0 saturated heterocycles. The van der Waals surface area contributed by atoms with Crippen LogP contribution in [0.2, 0.25) is 0 Å². The van der Waals surface area contributed by atoms with Crippen molar-refractivity contribution in [2.75, 3.05) is 19.7 Å². The van der Waals surface area contributed by atoms with E-state index < -0.39 is 17.7 Å². The number of nitrogens with two attached hydrogens (primary N) is 1. The van der Waals surface area contributed by atoms with Crippen LogP contribution in [-0.2, 0) is 19.1 Å². The monoisotopic (exact) mass is 274 g/mol. The predicted octanol–water partition coefficient (Wildman–Crippen LogP) is 0.588. The van der Waals surface area contributed by atoms with E-state index in [9.17, 15) is 9.59 Å². The highest BCUT2D eigenvalue weighted by molar-refractivity contribution is 5.76. The van der Waals surface area contributed by atoms with Crippen molar-refractivity contribution in [2.45, 2.75) is 52.2 Å². The molecule has 0 aliphatic carbocycles. The number of esters is 1. The zero-order valence-electron chi connectivity index (χ0n) is 12.3. The van der Waals surface area contributed by atoms with Crippen LogP contribution in [0, 0.1) is 0 Å². The molecule has 0 heterocycles. The standard InChI is InChI=1S/C13H26N2O4/c1-10(12(17)19-13(2,3)4)18-9-8-15-11(16)6-5-7-14/h10H,5-9,14H2,1-4H3,(H,15,16). The highest BCUT2D eigenvalue weighted by atomic mass is 16.6. The number of ether oxygens (including phenoxy) is 2. The molecule has 3 N–H and O–H groups in total. The Morgan fingerprint density at radius 2 is 1.95 bits per heavy atom. The lowest BCUT2D eigenvalue weighted by Gasteiger charge is -2.22. The summed E-state index contributed by atoms with van der Waals surface area (Å²) in [7, 11) is 0. The van der Waals surface area contributed by atoms with E-state index in [-0.39, 0.29) is 12.5 Å². The quantitative estimate of drug-likeness (QED) is 0.499. The fourth-order valence-electron chi connectivity index (χ4n) is 1.23. The third-order valence-electron chi connectivity index (χ3n) is 2.14. The number of hydrogen-bond acceptors (Lipinski definition) is 5. The van der Waals surface area contributed by atoms with Crippen molar-refractivity contribution in [3.8, 4) is 0 Å². The Hall–Kier alpha value is -1.14. The van der Waals surface area contributed by atoms with Crippen LogP contribution in [0.1, 0.15) is 40.5 Å². The maximum atomic E-state index is 11.6. The Morgan fingerprint density at radius 3 is 2.47 bits per heavy atom. The second kappa shape index (κ2) is 8.87. The summed E-state index contributed by atoms with van der Waals surface area (Å²) in [4.78, 5) is 22.8. The minimum atomic E-state index is -0.639. The largest absolute Gasteiger partial charge is 0.458 e. The summed E-state index contributed by atoms with van der Waals surface area (Å²) < 4.78 is 10.5. The van der Waals surface area contributed by atoms with Gasteiger partial charge in [-0.2, -0.15) is 0 Å². The average Bonchev–Trinajstić information content (AvgIpc) is 2.29. The zero-order valence-corrected chi connectivity index (χ0v) is 12.3. The second-order valence-electron chi connectivity index (χ2n) is 5.29. The lowest BCUT2D eigenvalue weighted by molar-refractivity contribution is -0.167. The molecule has 0 aliphatic heterocycles. The summed E-state index contributed by atoms with van der Waals surface area (Å²) in [6, 6.07) is 0. The number of carbonyl (C=O) groups is 2. The van der Waals surface area contributed by atoms with Gasteiger partial charge < -0.3 is 20.5 Å². The summed E-state index contributed by atoms with van der Waals surface area (Å²) >= 11 is 0. The van der Waals surface area contributed by atoms with E-state index >= 15 is 0 Å². The Morgan fingerprint density at radius 1 is 1.32 bits per heavy atom. The van der Waals surface area contributed by atoms with Gasteiger partial charge in [0.2, 0.25) is 5.91 Å². The van der Waals surface area contributed by atoms with Gasteiger partial charge >= 0.3 is 5.97 Å². The van der Waals surface area contributed by atoms with Crippen molar-refractivity contribution >= 4 is 11.9 Å². The van der Waals surface area contributed by atoms with E-state index in [1.165, 1.54) is 0 Å². The van der Waals surface area contributed by atoms with Gasteiger partial charge in [0.25, 0.3) is 0 Å². The van der Waals surface area contributed by atoms with E-state index in [0.717, 1.165) is 0 Å². The molecule has 0 spiro atoms. The lowest BCUT2D eigenvalue weighted by Crippen LogP contribution is -2.34. The number of hydrogen-bond donors (Lipinski definition) is 2. The van der Waals surface area contributed by atoms with Crippen LogP contribution in [0.25, 0.3) is 0 Å². The first-order valence-electron chi connectivity index (χ1n) is 6.57. The molecule has 1 unspecified atom stereocenters. The summed E-state index contributed by atoms with van der Waals surface area (Å²) in [5.74, 6) is -0.457. The maximum Gasteiger partial charge on any atom is 0.335 e. The van der Waals surface area contributed by atoms with Gasteiger partial charge in [-0.25, -0.2) is 4.79 Å². The predicted molar refractivity (Wildman–Crippen MR) is 72.6 cm³/mol. The zero-order chi connectivity index (χ0) is 14.9. The summed E-state index contributed by atoms with van der Waals surface area (Å²) in [5.41, 5.74) is 4.78. The molecule has 6 heteroatoms. The molecule has 0 aromatic carbocycles. The van der Waals surface area contributed by atoms with Crippen molar-refractivity contribution in [3.63, 3.8) is 0 Å². The van der Waals surface area contributed by atoms with Crippen molar-refractivity contribution in [2.24, 2.45) is 5.73 Å². The smallest absolute Gasteiger partial charge is 0.335 e. The van der Waals surface area contributed by atoms with Gasteiger partial charge in [-0.3, -0.25) is 4.79 Å². The molecule has 0 aromatic rings. The Bertz CT molecular complexity index is 287. The number of amides is 1. The third kappa shape index (κ3) is 10.5. The molecule has 0 saturated carbocycles. The molecule has 1 amide bonds. The van der Waals surface area contributed by atoms with Gasteiger partial charge in [-0.15, -0.1) is 0 Å². The third-order valence-corrected chi connectivity index (χ3v) is 2.14. The van der Waals surface area contributed by atoms with Crippen molar-refractivity contribution in [1.29, 1.82) is 0 Å². The van der Waals surface area contributed by atoms with Crippen LogP contribution in [-0.4, -0.2) is 43.3 Å². The molecule has 1 atom stereocenters. The molecule has 0 fully saturated rings. The molecule has 19 heavy (non-hydrogen) atoms. The van der Waals surface area contributed by atoms with Gasteiger partial charge in [0.15, 0.2) is 6.10 Å². The minimum Gasteiger partial charge on any atom is -0.458 e. The first-order chi connectivity index (χ1) is 8.76. The molecule has 6 nitrogen and oxygen atoms in total. The fourth-order valence-corrected chi connectivity index (χ4v) is 1.23. The van der Waals surface area contributed by atoms with E-state index in [1.807, 2.05) is 0 Å². The normalized spacial score (nSPS) is 12.9. The molecule has 0 radical (unpaired) electrons. The van der Waals surface area contributed by atoms with E-state index in [1.54, 1.807) is 27.7 Å². The van der Waals surface area contributed by atoms with Gasteiger partial charge in [-0.05, 0) is 40.7 Å². The highest BCUT2D eigenvalue weighted by Gasteiger charge is 2.21. The van der Waals surface area contributed by atoms with Gasteiger partial charge in [-0.1, -0.05) is 0 Å². The van der Waals surface area contributed by atoms with Crippen LogP contribution < -0.4 is 11.1 Å². The lowest BCUT2D eigenvalue weighted by atomic mass is 10.2. The van der Waals surface area contributed by atoms with Crippen LogP contribution in [0.4, 0.5) is 0 Å². The summed E-state index contributed by atoms with van der Waals surface area (Å²) in [5, 5.41) is 2.69. The first-order valence-corrected chi connectivity index (χ1v) is 6.57. The van der Waals surface area contributed by atoms with Crippen LogP contribution in [0.15, 0.2) is 0 Å². The van der Waals surface area contributed by atoms with Crippen molar-refractivity contribution in [3.05, 3.63) is 0 Å². The summed E-state index contributed by atoms with van der Waals surface area (Å²) in [6.45, 7) is 8.18.